The number of rotatable bonds is 11. The predicted molar refractivity (Wildman–Crippen MR) is 68.8 cm³/mol. The van der Waals surface area contributed by atoms with Crippen molar-refractivity contribution < 1.29 is 14.3 Å². The molecule has 0 rings (SSSR count). The van der Waals surface area contributed by atoms with Crippen molar-refractivity contribution in [2.45, 2.75) is 77.7 Å². The van der Waals surface area contributed by atoms with Crippen molar-refractivity contribution in [1.29, 1.82) is 0 Å². The third-order valence-electron chi connectivity index (χ3n) is 2.80. The van der Waals surface area contributed by atoms with Crippen LogP contribution in [0, 0.1) is 0 Å². The van der Waals surface area contributed by atoms with Crippen LogP contribution < -0.4 is 0 Å². The molecule has 100 valence electrons. The summed E-state index contributed by atoms with van der Waals surface area (Å²) in [7, 11) is 0. The van der Waals surface area contributed by atoms with Crippen molar-refractivity contribution in [3.63, 3.8) is 0 Å². The molecule has 0 aromatic rings. The van der Waals surface area contributed by atoms with Gasteiger partial charge in [-0.2, -0.15) is 0 Å². The highest BCUT2D eigenvalue weighted by Gasteiger charge is 2.22. The maximum absolute atomic E-state index is 11.6. The Balaban J connectivity index is 3.55. The van der Waals surface area contributed by atoms with E-state index < -0.39 is 5.60 Å². The molecule has 0 aliphatic carbocycles. The predicted octanol–water partition coefficient (Wildman–Crippen LogP) is 3.65. The third kappa shape index (κ3) is 10.0. The fraction of sp³-hybridized carbons (Fsp3) is 0.857. The van der Waals surface area contributed by atoms with Crippen LogP contribution in [-0.4, -0.2) is 17.9 Å². The molecule has 0 spiro atoms. The second-order valence-electron chi connectivity index (χ2n) is 5.21. The molecule has 17 heavy (non-hydrogen) atoms. The Bertz CT molecular complexity index is 222. The molecular formula is C14H26O3. The van der Waals surface area contributed by atoms with E-state index in [1.807, 2.05) is 0 Å². The van der Waals surface area contributed by atoms with E-state index in [1.165, 1.54) is 25.7 Å². The fourth-order valence-corrected chi connectivity index (χ4v) is 1.84. The van der Waals surface area contributed by atoms with Gasteiger partial charge in [0.2, 0.25) is 0 Å². The van der Waals surface area contributed by atoms with Crippen LogP contribution in [-0.2, 0) is 14.3 Å². The van der Waals surface area contributed by atoms with Gasteiger partial charge in [0.05, 0.1) is 0 Å². The van der Waals surface area contributed by atoms with Crippen molar-refractivity contribution >= 4 is 12.3 Å². The number of carbonyl (C=O) groups is 2. The van der Waals surface area contributed by atoms with Crippen molar-refractivity contribution in [2.24, 2.45) is 0 Å². The standard InChI is InChI=1S/C14H26O3/c1-4-5-6-7-8-9-10-13(16)11-14(2,3)17-12-15/h12H,4-11H2,1-3H3. The molecule has 0 heterocycles. The zero-order chi connectivity index (χ0) is 13.1. The van der Waals surface area contributed by atoms with Gasteiger partial charge in [-0.05, 0) is 20.3 Å². The van der Waals surface area contributed by atoms with E-state index in [-0.39, 0.29) is 5.78 Å². The monoisotopic (exact) mass is 242 g/mol. The average Bonchev–Trinajstić information content (AvgIpc) is 2.22. The van der Waals surface area contributed by atoms with Crippen molar-refractivity contribution in [2.75, 3.05) is 0 Å². The van der Waals surface area contributed by atoms with Crippen molar-refractivity contribution in [3.05, 3.63) is 0 Å². The van der Waals surface area contributed by atoms with Crippen LogP contribution in [0.1, 0.15) is 72.1 Å². The van der Waals surface area contributed by atoms with Gasteiger partial charge in [-0.3, -0.25) is 9.59 Å². The highest BCUT2D eigenvalue weighted by molar-refractivity contribution is 5.79. The zero-order valence-corrected chi connectivity index (χ0v) is 11.5. The van der Waals surface area contributed by atoms with E-state index in [9.17, 15) is 9.59 Å². The molecule has 0 unspecified atom stereocenters. The first-order valence-electron chi connectivity index (χ1n) is 6.65. The van der Waals surface area contributed by atoms with E-state index in [0.29, 0.717) is 19.3 Å². The Kier molecular flexibility index (Phi) is 8.73. The quantitative estimate of drug-likeness (QED) is 0.410. The number of ether oxygens (including phenoxy) is 1. The van der Waals surface area contributed by atoms with Gasteiger partial charge < -0.3 is 4.74 Å². The molecule has 0 atom stereocenters. The van der Waals surface area contributed by atoms with Gasteiger partial charge in [0.1, 0.15) is 11.4 Å². The topological polar surface area (TPSA) is 43.4 Å². The summed E-state index contributed by atoms with van der Waals surface area (Å²) in [4.78, 5) is 21.9. The first-order valence-corrected chi connectivity index (χ1v) is 6.65. The molecule has 0 saturated carbocycles. The maximum atomic E-state index is 11.6. The minimum atomic E-state index is -0.652. The van der Waals surface area contributed by atoms with E-state index in [0.717, 1.165) is 12.8 Å². The Morgan fingerprint density at radius 2 is 1.71 bits per heavy atom. The van der Waals surface area contributed by atoms with Crippen LogP contribution in [0.25, 0.3) is 0 Å². The molecule has 0 amide bonds. The highest BCUT2D eigenvalue weighted by atomic mass is 16.5. The van der Waals surface area contributed by atoms with Crippen LogP contribution in [0.3, 0.4) is 0 Å². The van der Waals surface area contributed by atoms with Crippen LogP contribution in [0.15, 0.2) is 0 Å². The van der Waals surface area contributed by atoms with E-state index in [2.05, 4.69) is 6.92 Å². The van der Waals surface area contributed by atoms with Gasteiger partial charge in [0.15, 0.2) is 0 Å². The summed E-state index contributed by atoms with van der Waals surface area (Å²) in [6.45, 7) is 6.14. The molecule has 0 fully saturated rings. The largest absolute Gasteiger partial charge is 0.461 e. The van der Waals surface area contributed by atoms with Crippen molar-refractivity contribution in [1.82, 2.24) is 0 Å². The number of hydrogen-bond acceptors (Lipinski definition) is 3. The van der Waals surface area contributed by atoms with E-state index in [4.69, 9.17) is 4.74 Å². The molecule has 0 aliphatic heterocycles. The number of Topliss-reactive ketones (excluding diaryl/α,β-unsaturated/α-hetero) is 1. The summed E-state index contributed by atoms with van der Waals surface area (Å²) in [5.41, 5.74) is -0.652. The second-order valence-corrected chi connectivity index (χ2v) is 5.21. The number of ketones is 1. The molecule has 0 radical (unpaired) electrons. The SMILES string of the molecule is CCCCCCCCC(=O)CC(C)(C)OC=O. The first kappa shape index (κ1) is 16.1. The third-order valence-corrected chi connectivity index (χ3v) is 2.80. The Labute approximate surface area is 105 Å². The Morgan fingerprint density at radius 1 is 1.12 bits per heavy atom. The molecule has 0 bridgehead atoms. The van der Waals surface area contributed by atoms with Crippen LogP contribution >= 0.6 is 0 Å². The summed E-state index contributed by atoms with van der Waals surface area (Å²) in [6.07, 6.45) is 8.03. The Morgan fingerprint density at radius 3 is 2.29 bits per heavy atom. The Hall–Kier alpha value is -0.860. The van der Waals surface area contributed by atoms with Crippen LogP contribution in [0.5, 0.6) is 0 Å². The molecule has 0 aromatic carbocycles. The number of unbranched alkanes of at least 4 members (excludes halogenated alkanes) is 5. The highest BCUT2D eigenvalue weighted by Crippen LogP contribution is 2.16. The molecule has 0 N–H and O–H groups in total. The summed E-state index contributed by atoms with van der Waals surface area (Å²) in [5.74, 6) is 0.187. The molecule has 0 aliphatic rings. The molecule has 0 aromatic heterocycles. The number of carbonyl (C=O) groups excluding carboxylic acids is 2. The van der Waals surface area contributed by atoms with Gasteiger partial charge in [0.25, 0.3) is 6.47 Å². The van der Waals surface area contributed by atoms with Gasteiger partial charge in [0, 0.05) is 12.8 Å². The average molecular weight is 242 g/mol. The lowest BCUT2D eigenvalue weighted by Gasteiger charge is -2.21. The molecule has 3 nitrogen and oxygen atoms in total. The lowest BCUT2D eigenvalue weighted by Crippen LogP contribution is -2.27. The van der Waals surface area contributed by atoms with Crippen LogP contribution in [0.2, 0.25) is 0 Å². The van der Waals surface area contributed by atoms with Gasteiger partial charge in [-0.15, -0.1) is 0 Å². The summed E-state index contributed by atoms with van der Waals surface area (Å²) < 4.78 is 4.86. The molecule has 0 saturated heterocycles. The minimum absolute atomic E-state index is 0.187. The van der Waals surface area contributed by atoms with Crippen LogP contribution in [0.4, 0.5) is 0 Å². The van der Waals surface area contributed by atoms with Gasteiger partial charge in [-0.1, -0.05) is 39.0 Å². The summed E-state index contributed by atoms with van der Waals surface area (Å²) in [5, 5.41) is 0. The van der Waals surface area contributed by atoms with E-state index in [1.54, 1.807) is 13.8 Å². The smallest absolute Gasteiger partial charge is 0.293 e. The lowest BCUT2D eigenvalue weighted by atomic mass is 9.98. The second kappa shape index (κ2) is 9.20. The summed E-state index contributed by atoms with van der Waals surface area (Å²) >= 11 is 0. The summed E-state index contributed by atoms with van der Waals surface area (Å²) in [6, 6.07) is 0. The maximum Gasteiger partial charge on any atom is 0.293 e. The molecular weight excluding hydrogens is 216 g/mol. The van der Waals surface area contributed by atoms with E-state index >= 15 is 0 Å². The first-order chi connectivity index (χ1) is 8.02. The number of hydrogen-bond donors (Lipinski definition) is 0. The zero-order valence-electron chi connectivity index (χ0n) is 11.5. The lowest BCUT2D eigenvalue weighted by molar-refractivity contribution is -0.143. The molecule has 3 heteroatoms. The fourth-order valence-electron chi connectivity index (χ4n) is 1.84. The minimum Gasteiger partial charge on any atom is -0.461 e. The van der Waals surface area contributed by atoms with Crippen molar-refractivity contribution in [3.8, 4) is 0 Å². The van der Waals surface area contributed by atoms with Gasteiger partial charge in [-0.25, -0.2) is 0 Å². The van der Waals surface area contributed by atoms with Gasteiger partial charge >= 0.3 is 0 Å². The normalized spacial score (nSPS) is 11.2.